The Morgan fingerprint density at radius 1 is 1.27 bits per heavy atom. The second-order valence-electron chi connectivity index (χ2n) is 4.47. The van der Waals surface area contributed by atoms with Crippen LogP contribution in [0.3, 0.4) is 0 Å². The van der Waals surface area contributed by atoms with E-state index in [0.29, 0.717) is 5.92 Å². The maximum absolute atomic E-state index is 11.6. The maximum Gasteiger partial charge on any atom is 0.249 e. The second kappa shape index (κ2) is 5.47. The Hall–Kier alpha value is -0.610. The van der Waals surface area contributed by atoms with Gasteiger partial charge >= 0.3 is 0 Å². The number of rotatable bonds is 3. The lowest BCUT2D eigenvalue weighted by atomic mass is 10.1. The number of amides is 1. The van der Waals surface area contributed by atoms with Crippen molar-refractivity contribution in [2.75, 3.05) is 26.2 Å². The number of hydrogen-bond acceptors (Lipinski definition) is 3. The smallest absolute Gasteiger partial charge is 0.249 e. The largest absolute Gasteiger partial charge is 0.368 e. The summed E-state index contributed by atoms with van der Waals surface area (Å²) in [4.78, 5) is 11.6. The second-order valence-corrected chi connectivity index (χ2v) is 4.47. The molecule has 2 aliphatic rings. The molecule has 2 unspecified atom stereocenters. The Morgan fingerprint density at radius 3 is 3.00 bits per heavy atom. The van der Waals surface area contributed by atoms with Gasteiger partial charge in [-0.25, -0.2) is 0 Å². The van der Waals surface area contributed by atoms with Crippen LogP contribution in [0.25, 0.3) is 0 Å². The van der Waals surface area contributed by atoms with E-state index in [0.717, 1.165) is 45.5 Å². The zero-order valence-electron chi connectivity index (χ0n) is 9.13. The van der Waals surface area contributed by atoms with Crippen LogP contribution >= 0.6 is 0 Å². The molecule has 4 heteroatoms. The Labute approximate surface area is 90.8 Å². The molecule has 1 amide bonds. The molecular formula is C11H20N2O2. The van der Waals surface area contributed by atoms with Gasteiger partial charge in [0.1, 0.15) is 6.10 Å². The summed E-state index contributed by atoms with van der Waals surface area (Å²) in [6.45, 7) is 3.66. The van der Waals surface area contributed by atoms with E-state index in [2.05, 4.69) is 10.6 Å². The minimum absolute atomic E-state index is 0.0819. The Kier molecular flexibility index (Phi) is 3.97. The summed E-state index contributed by atoms with van der Waals surface area (Å²) in [6.07, 6.45) is 4.02. The normalized spacial score (nSPS) is 32.4. The summed E-state index contributed by atoms with van der Waals surface area (Å²) < 4.78 is 5.71. The molecule has 2 atom stereocenters. The molecule has 2 fully saturated rings. The van der Waals surface area contributed by atoms with Gasteiger partial charge in [0, 0.05) is 13.1 Å². The summed E-state index contributed by atoms with van der Waals surface area (Å²) in [5.74, 6) is 0.680. The molecule has 0 aromatic rings. The van der Waals surface area contributed by atoms with Gasteiger partial charge in [-0.3, -0.25) is 4.79 Å². The van der Waals surface area contributed by atoms with Gasteiger partial charge in [0.15, 0.2) is 0 Å². The molecule has 0 aromatic carbocycles. The highest BCUT2D eigenvalue weighted by Crippen LogP contribution is 2.13. The monoisotopic (exact) mass is 212 g/mol. The van der Waals surface area contributed by atoms with Gasteiger partial charge in [0.25, 0.3) is 0 Å². The zero-order valence-corrected chi connectivity index (χ0v) is 9.13. The van der Waals surface area contributed by atoms with Crippen molar-refractivity contribution in [2.45, 2.75) is 31.8 Å². The third kappa shape index (κ3) is 3.18. The van der Waals surface area contributed by atoms with Crippen LogP contribution in [0.15, 0.2) is 0 Å². The van der Waals surface area contributed by atoms with Crippen LogP contribution < -0.4 is 10.6 Å². The third-order valence-electron chi connectivity index (χ3n) is 3.18. The van der Waals surface area contributed by atoms with Crippen molar-refractivity contribution in [3.63, 3.8) is 0 Å². The maximum atomic E-state index is 11.6. The van der Waals surface area contributed by atoms with Crippen LogP contribution in [-0.4, -0.2) is 38.3 Å². The summed E-state index contributed by atoms with van der Waals surface area (Å²) >= 11 is 0. The summed E-state index contributed by atoms with van der Waals surface area (Å²) in [6, 6.07) is 0. The third-order valence-corrected chi connectivity index (χ3v) is 3.18. The van der Waals surface area contributed by atoms with Gasteiger partial charge in [0.05, 0.1) is 6.61 Å². The van der Waals surface area contributed by atoms with E-state index >= 15 is 0 Å². The molecule has 0 saturated carbocycles. The van der Waals surface area contributed by atoms with E-state index in [1.54, 1.807) is 0 Å². The number of carbonyl (C=O) groups excluding carboxylic acids is 1. The van der Waals surface area contributed by atoms with Crippen molar-refractivity contribution in [1.82, 2.24) is 10.6 Å². The van der Waals surface area contributed by atoms with E-state index < -0.39 is 0 Å². The number of ether oxygens (including phenoxy) is 1. The molecule has 0 spiro atoms. The highest BCUT2D eigenvalue weighted by Gasteiger charge is 2.23. The standard InChI is InChI=1S/C11H20N2O2/c14-11-10(3-1-2-5-13-11)15-8-9-4-6-12-7-9/h9-10,12H,1-8H2,(H,13,14). The molecule has 2 heterocycles. The predicted octanol–water partition coefficient (Wildman–Crippen LogP) is 0.281. The Balaban J connectivity index is 1.73. The molecule has 2 N–H and O–H groups in total. The lowest BCUT2D eigenvalue weighted by Crippen LogP contribution is -2.35. The van der Waals surface area contributed by atoms with Crippen molar-refractivity contribution >= 4 is 5.91 Å². The molecule has 2 rings (SSSR count). The molecule has 0 bridgehead atoms. The van der Waals surface area contributed by atoms with Crippen LogP contribution in [0.4, 0.5) is 0 Å². The van der Waals surface area contributed by atoms with Crippen molar-refractivity contribution in [1.29, 1.82) is 0 Å². The number of hydrogen-bond donors (Lipinski definition) is 2. The average molecular weight is 212 g/mol. The van der Waals surface area contributed by atoms with Crippen molar-refractivity contribution in [3.05, 3.63) is 0 Å². The fourth-order valence-corrected chi connectivity index (χ4v) is 2.18. The van der Waals surface area contributed by atoms with Crippen molar-refractivity contribution in [2.24, 2.45) is 5.92 Å². The summed E-state index contributed by atoms with van der Waals surface area (Å²) in [5, 5.41) is 6.19. The lowest BCUT2D eigenvalue weighted by Gasteiger charge is -2.16. The van der Waals surface area contributed by atoms with Crippen LogP contribution in [0.2, 0.25) is 0 Å². The van der Waals surface area contributed by atoms with Crippen LogP contribution in [0, 0.1) is 5.92 Å². The minimum atomic E-state index is -0.201. The highest BCUT2D eigenvalue weighted by molar-refractivity contribution is 5.80. The SMILES string of the molecule is O=C1NCCCCC1OCC1CCNC1. The van der Waals surface area contributed by atoms with E-state index in [1.807, 2.05) is 0 Å². The van der Waals surface area contributed by atoms with E-state index in [-0.39, 0.29) is 12.0 Å². The van der Waals surface area contributed by atoms with Gasteiger partial charge < -0.3 is 15.4 Å². The predicted molar refractivity (Wildman–Crippen MR) is 57.6 cm³/mol. The Morgan fingerprint density at radius 2 is 2.20 bits per heavy atom. The number of nitrogens with one attached hydrogen (secondary N) is 2. The summed E-state index contributed by atoms with van der Waals surface area (Å²) in [7, 11) is 0. The van der Waals surface area contributed by atoms with Gasteiger partial charge in [-0.15, -0.1) is 0 Å². The fraction of sp³-hybridized carbons (Fsp3) is 0.909. The first-order valence-corrected chi connectivity index (χ1v) is 5.96. The molecule has 0 aromatic heterocycles. The topological polar surface area (TPSA) is 50.4 Å². The minimum Gasteiger partial charge on any atom is -0.368 e. The lowest BCUT2D eigenvalue weighted by molar-refractivity contribution is -0.133. The average Bonchev–Trinajstić information content (AvgIpc) is 2.67. The molecule has 15 heavy (non-hydrogen) atoms. The molecular weight excluding hydrogens is 192 g/mol. The van der Waals surface area contributed by atoms with Gasteiger partial charge in [-0.1, -0.05) is 0 Å². The van der Waals surface area contributed by atoms with E-state index in [4.69, 9.17) is 4.74 Å². The van der Waals surface area contributed by atoms with Gasteiger partial charge in [-0.2, -0.15) is 0 Å². The Bertz CT molecular complexity index is 215. The molecule has 2 aliphatic heterocycles. The molecule has 2 saturated heterocycles. The fourth-order valence-electron chi connectivity index (χ4n) is 2.18. The van der Waals surface area contributed by atoms with Crippen LogP contribution in [0.1, 0.15) is 25.7 Å². The van der Waals surface area contributed by atoms with Gasteiger partial charge in [-0.05, 0) is 38.1 Å². The first kappa shape index (κ1) is 10.9. The van der Waals surface area contributed by atoms with E-state index in [1.165, 1.54) is 6.42 Å². The molecule has 0 radical (unpaired) electrons. The highest BCUT2D eigenvalue weighted by atomic mass is 16.5. The first-order chi connectivity index (χ1) is 7.36. The quantitative estimate of drug-likeness (QED) is 0.706. The van der Waals surface area contributed by atoms with Crippen molar-refractivity contribution < 1.29 is 9.53 Å². The van der Waals surface area contributed by atoms with Crippen molar-refractivity contribution in [3.8, 4) is 0 Å². The molecule has 4 nitrogen and oxygen atoms in total. The zero-order chi connectivity index (χ0) is 10.5. The van der Waals surface area contributed by atoms with E-state index in [9.17, 15) is 4.79 Å². The first-order valence-electron chi connectivity index (χ1n) is 5.96. The summed E-state index contributed by atoms with van der Waals surface area (Å²) in [5.41, 5.74) is 0. The molecule has 0 aliphatic carbocycles. The molecule has 86 valence electrons. The van der Waals surface area contributed by atoms with Crippen LogP contribution in [0.5, 0.6) is 0 Å². The van der Waals surface area contributed by atoms with Crippen LogP contribution in [-0.2, 0) is 9.53 Å². The van der Waals surface area contributed by atoms with Gasteiger partial charge in [0.2, 0.25) is 5.91 Å². The number of carbonyl (C=O) groups is 1.